The third-order valence-corrected chi connectivity index (χ3v) is 4.43. The molecular formula is C11H16N5O6PS. The normalized spacial score (nSPS) is 28.4. The molecule has 0 aromatic carbocycles. The minimum atomic E-state index is -2.13. The third kappa shape index (κ3) is 2.92. The summed E-state index contributed by atoms with van der Waals surface area (Å²) in [6.45, 7) is -0.376. The van der Waals surface area contributed by atoms with E-state index in [1.54, 1.807) is 0 Å². The number of nitrogens with zero attached hydrogens (tertiary/aromatic N) is 3. The van der Waals surface area contributed by atoms with Gasteiger partial charge < -0.3 is 20.3 Å². The van der Waals surface area contributed by atoms with Crippen molar-refractivity contribution in [1.82, 2.24) is 19.5 Å². The summed E-state index contributed by atoms with van der Waals surface area (Å²) in [5, 5.41) is 9.49. The molecule has 1 aliphatic rings. The number of H-pyrrole nitrogens is 1. The zero-order valence-corrected chi connectivity index (χ0v) is 14.3. The molecule has 24 heavy (non-hydrogen) atoms. The molecule has 0 radical (unpaired) electrons. The van der Waals surface area contributed by atoms with Gasteiger partial charge in [-0.2, -0.15) is 4.98 Å². The molecule has 132 valence electrons. The number of aromatic amines is 1. The van der Waals surface area contributed by atoms with Gasteiger partial charge in [0.1, 0.15) is 18.3 Å². The van der Waals surface area contributed by atoms with Gasteiger partial charge in [-0.1, -0.05) is 0 Å². The summed E-state index contributed by atoms with van der Waals surface area (Å²) < 4.78 is 29.2. The number of imidazole rings is 1. The number of aliphatic hydroxyl groups is 1. The van der Waals surface area contributed by atoms with Gasteiger partial charge in [-0.05, 0) is 8.02 Å². The largest absolute Gasteiger partial charge is 0.394 e. The second-order valence-corrected chi connectivity index (χ2v) is 6.87. The van der Waals surface area contributed by atoms with Gasteiger partial charge in [0.05, 0.1) is 23.2 Å². The molecule has 11 nitrogen and oxygen atoms in total. The first-order valence-corrected chi connectivity index (χ1v) is 9.35. The predicted molar refractivity (Wildman–Crippen MR) is 87.1 cm³/mol. The van der Waals surface area contributed by atoms with E-state index in [1.165, 1.54) is 18.0 Å². The highest BCUT2D eigenvalue weighted by molar-refractivity contribution is 8.03. The molecule has 2 aromatic heterocycles. The summed E-state index contributed by atoms with van der Waals surface area (Å²) in [6, 6.07) is 0. The second-order valence-electron chi connectivity index (χ2n) is 5.05. The molecule has 0 bridgehead atoms. The maximum absolute atomic E-state index is 11.9. The van der Waals surface area contributed by atoms with Crippen molar-refractivity contribution in [2.45, 2.75) is 24.5 Å². The number of nitrogens with one attached hydrogen (secondary N) is 1. The van der Waals surface area contributed by atoms with Crippen molar-refractivity contribution in [2.24, 2.45) is 0 Å². The Morgan fingerprint density at radius 2 is 2.33 bits per heavy atom. The topological polar surface area (TPSA) is 155 Å². The highest BCUT2D eigenvalue weighted by Crippen LogP contribution is 2.34. The van der Waals surface area contributed by atoms with Crippen LogP contribution in [0.1, 0.15) is 6.23 Å². The van der Waals surface area contributed by atoms with E-state index in [0.29, 0.717) is 0 Å². The van der Waals surface area contributed by atoms with E-state index in [4.69, 9.17) is 19.4 Å². The lowest BCUT2D eigenvalue weighted by Gasteiger charge is -2.21. The van der Waals surface area contributed by atoms with Gasteiger partial charge in [-0.3, -0.25) is 18.5 Å². The lowest BCUT2D eigenvalue weighted by Crippen LogP contribution is -2.36. The molecule has 5 unspecified atom stereocenters. The number of hydrogen-bond acceptors (Lipinski definition) is 9. The Balaban J connectivity index is 2.07. The molecule has 5 atom stereocenters. The van der Waals surface area contributed by atoms with E-state index in [2.05, 4.69) is 23.0 Å². The Morgan fingerprint density at radius 3 is 2.96 bits per heavy atom. The number of methoxy groups -OCH3 is 1. The van der Waals surface area contributed by atoms with Crippen molar-refractivity contribution in [1.29, 1.82) is 0 Å². The Hall–Kier alpha value is -1.56. The number of ether oxygens (including phenoxy) is 2. The molecule has 1 saturated heterocycles. The summed E-state index contributed by atoms with van der Waals surface area (Å²) in [5.74, 6) is -0.0732. The van der Waals surface area contributed by atoms with E-state index in [1.807, 2.05) is 0 Å². The average Bonchev–Trinajstić information content (AvgIpc) is 3.07. The van der Waals surface area contributed by atoms with Crippen molar-refractivity contribution in [3.05, 3.63) is 16.7 Å². The molecule has 0 spiro atoms. The highest BCUT2D eigenvalue weighted by Gasteiger charge is 2.47. The lowest BCUT2D eigenvalue weighted by atomic mass is 10.1. The van der Waals surface area contributed by atoms with Crippen LogP contribution >= 0.6 is 8.02 Å². The molecule has 13 heteroatoms. The van der Waals surface area contributed by atoms with Gasteiger partial charge in [0.25, 0.3) is 5.56 Å². The number of fused-ring (bicyclic) bond motifs is 1. The zero-order valence-electron chi connectivity index (χ0n) is 12.4. The number of anilines is 1. The van der Waals surface area contributed by atoms with E-state index in [-0.39, 0.29) is 23.7 Å². The van der Waals surface area contributed by atoms with Crippen LogP contribution in [0.25, 0.3) is 11.2 Å². The highest BCUT2D eigenvalue weighted by atomic mass is 32.5. The number of aliphatic hydroxyl groups excluding tert-OH is 1. The van der Waals surface area contributed by atoms with Gasteiger partial charge in [-0.25, -0.2) is 9.19 Å². The van der Waals surface area contributed by atoms with Crippen LogP contribution in [0, 0.1) is 0 Å². The van der Waals surface area contributed by atoms with E-state index in [0.717, 1.165) is 0 Å². The molecule has 3 rings (SSSR count). The third-order valence-electron chi connectivity index (χ3n) is 3.68. The molecule has 1 aliphatic heterocycles. The molecule has 0 aliphatic carbocycles. The summed E-state index contributed by atoms with van der Waals surface area (Å²) in [7, 11) is 2.17. The monoisotopic (exact) mass is 377 g/mol. The SMILES string of the molecule is COC1C(O[SH](=O)=P)C(CO)OC1n1cnc2c(=O)[nH]c(N)nc21. The first kappa shape index (κ1) is 17.3. The number of nitrogens with two attached hydrogens (primary N) is 1. The molecule has 0 saturated carbocycles. The van der Waals surface area contributed by atoms with Crippen LogP contribution < -0.4 is 11.3 Å². The van der Waals surface area contributed by atoms with E-state index in [9.17, 15) is 14.1 Å². The predicted octanol–water partition coefficient (Wildman–Crippen LogP) is -1.55. The number of rotatable bonds is 5. The first-order valence-electron chi connectivity index (χ1n) is 6.83. The van der Waals surface area contributed by atoms with Gasteiger partial charge in [0.15, 0.2) is 17.4 Å². The summed E-state index contributed by atoms with van der Waals surface area (Å²) in [4.78, 5) is 22.3. The van der Waals surface area contributed by atoms with Crippen LogP contribution in [0.3, 0.4) is 0 Å². The first-order chi connectivity index (χ1) is 11.5. The van der Waals surface area contributed by atoms with Crippen LogP contribution in [0.5, 0.6) is 0 Å². The van der Waals surface area contributed by atoms with Crippen molar-refractivity contribution >= 4 is 35.4 Å². The van der Waals surface area contributed by atoms with Crippen LogP contribution in [0.4, 0.5) is 5.95 Å². The van der Waals surface area contributed by atoms with Crippen LogP contribution in [0.15, 0.2) is 11.1 Å². The smallest absolute Gasteiger partial charge is 0.280 e. The Kier molecular flexibility index (Phi) is 4.85. The van der Waals surface area contributed by atoms with Crippen molar-refractivity contribution in [3.63, 3.8) is 0 Å². The minimum Gasteiger partial charge on any atom is -0.394 e. The van der Waals surface area contributed by atoms with E-state index < -0.39 is 40.4 Å². The van der Waals surface area contributed by atoms with Crippen LogP contribution in [0.2, 0.25) is 0 Å². The summed E-state index contributed by atoms with van der Waals surface area (Å²) in [5.41, 5.74) is 5.37. The van der Waals surface area contributed by atoms with Gasteiger partial charge in [0.2, 0.25) is 5.95 Å². The van der Waals surface area contributed by atoms with Gasteiger partial charge in [-0.15, -0.1) is 0 Å². The van der Waals surface area contributed by atoms with Gasteiger partial charge >= 0.3 is 0 Å². The fraction of sp³-hybridized carbons (Fsp3) is 0.545. The molecule has 2 aromatic rings. The summed E-state index contributed by atoms with van der Waals surface area (Å²) >= 11 is 0. The van der Waals surface area contributed by atoms with Crippen molar-refractivity contribution < 1.29 is 23.0 Å². The lowest BCUT2D eigenvalue weighted by molar-refractivity contribution is -0.0583. The molecular weight excluding hydrogens is 361 g/mol. The number of hydrogen-bond donors (Lipinski definition) is 4. The van der Waals surface area contributed by atoms with Crippen molar-refractivity contribution in [2.75, 3.05) is 19.5 Å². The quantitative estimate of drug-likeness (QED) is 0.358. The molecule has 1 fully saturated rings. The number of nitrogen functional groups attached to an aromatic ring is 1. The molecule has 4 N–H and O–H groups in total. The van der Waals surface area contributed by atoms with Crippen molar-refractivity contribution in [3.8, 4) is 0 Å². The summed E-state index contributed by atoms with van der Waals surface area (Å²) in [6.07, 6.45) is -1.77. The Bertz CT molecular complexity index is 873. The fourth-order valence-electron chi connectivity index (χ4n) is 2.70. The van der Waals surface area contributed by atoms with Gasteiger partial charge in [0, 0.05) is 7.11 Å². The van der Waals surface area contributed by atoms with Crippen LogP contribution in [-0.2, 0) is 23.9 Å². The van der Waals surface area contributed by atoms with E-state index >= 15 is 0 Å². The Morgan fingerprint density at radius 1 is 1.58 bits per heavy atom. The average molecular weight is 377 g/mol. The standard InChI is InChI=1S/C11H16N5O6PS/c1-20-7-6(22-24(19)23)4(2-17)21-10(7)16-3-13-5-8(16)14-11(12)15-9(5)18/h3-4,6-7,10,17,23-24H,2H2,1H3,(H3,12,14,15,18). The maximum Gasteiger partial charge on any atom is 0.280 e. The number of aromatic nitrogens is 4. The number of thiol groups is 1. The second kappa shape index (κ2) is 6.75. The zero-order chi connectivity index (χ0) is 17.4. The van der Waals surface area contributed by atoms with Crippen LogP contribution in [-0.4, -0.2) is 60.9 Å². The fourth-order valence-corrected chi connectivity index (χ4v) is 3.54. The Labute approximate surface area is 139 Å². The minimum absolute atomic E-state index is 0.0732. The molecule has 3 heterocycles. The maximum atomic E-state index is 11.9. The molecule has 0 amide bonds.